The summed E-state index contributed by atoms with van der Waals surface area (Å²) in [5.41, 5.74) is 0.464. The molecular formula is C18H34N2O. The normalized spacial score (nSPS) is 33.1. The van der Waals surface area contributed by atoms with Crippen molar-refractivity contribution in [2.24, 2.45) is 5.41 Å². The van der Waals surface area contributed by atoms with E-state index < -0.39 is 0 Å². The highest BCUT2D eigenvalue weighted by Crippen LogP contribution is 2.53. The van der Waals surface area contributed by atoms with E-state index in [9.17, 15) is 0 Å². The summed E-state index contributed by atoms with van der Waals surface area (Å²) in [4.78, 5) is 2.57. The van der Waals surface area contributed by atoms with E-state index in [0.717, 1.165) is 19.2 Å². The predicted octanol–water partition coefficient (Wildman–Crippen LogP) is 3.19. The molecule has 3 rings (SSSR count). The molecule has 0 amide bonds. The first-order valence-corrected chi connectivity index (χ1v) is 9.24. The maximum Gasteiger partial charge on any atom is 0.0661 e. The van der Waals surface area contributed by atoms with Crippen molar-refractivity contribution < 1.29 is 4.74 Å². The Balaban J connectivity index is 1.52. The molecule has 122 valence electrons. The second-order valence-electron chi connectivity index (χ2n) is 7.68. The van der Waals surface area contributed by atoms with Crippen molar-refractivity contribution >= 4 is 0 Å². The molecule has 3 fully saturated rings. The third-order valence-electron chi connectivity index (χ3n) is 6.42. The monoisotopic (exact) mass is 294 g/mol. The van der Waals surface area contributed by atoms with E-state index in [-0.39, 0.29) is 0 Å². The second kappa shape index (κ2) is 6.55. The Kier molecular flexibility index (Phi) is 4.92. The van der Waals surface area contributed by atoms with E-state index in [2.05, 4.69) is 31.1 Å². The van der Waals surface area contributed by atoms with Crippen molar-refractivity contribution in [2.45, 2.75) is 89.4 Å². The molecule has 3 saturated carbocycles. The quantitative estimate of drug-likeness (QED) is 0.780. The van der Waals surface area contributed by atoms with Gasteiger partial charge in [0.15, 0.2) is 0 Å². The molecule has 3 aliphatic carbocycles. The summed E-state index contributed by atoms with van der Waals surface area (Å²) in [6.07, 6.45) is 11.5. The van der Waals surface area contributed by atoms with E-state index in [1.165, 1.54) is 51.4 Å². The maximum absolute atomic E-state index is 6.05. The van der Waals surface area contributed by atoms with Gasteiger partial charge in [0.25, 0.3) is 0 Å². The Bertz CT molecular complexity index is 336. The van der Waals surface area contributed by atoms with Crippen LogP contribution in [-0.2, 0) is 4.74 Å². The first-order valence-electron chi connectivity index (χ1n) is 9.24. The van der Waals surface area contributed by atoms with Gasteiger partial charge in [-0.3, -0.25) is 4.90 Å². The minimum absolute atomic E-state index is 0.464. The van der Waals surface area contributed by atoms with Gasteiger partial charge in [-0.15, -0.1) is 0 Å². The van der Waals surface area contributed by atoms with Crippen LogP contribution >= 0.6 is 0 Å². The summed E-state index contributed by atoms with van der Waals surface area (Å²) < 4.78 is 6.05. The molecular weight excluding hydrogens is 260 g/mol. The van der Waals surface area contributed by atoms with Gasteiger partial charge in [-0.1, -0.05) is 19.3 Å². The Morgan fingerprint density at radius 3 is 2.57 bits per heavy atom. The fourth-order valence-corrected chi connectivity index (χ4v) is 4.65. The minimum Gasteiger partial charge on any atom is -0.378 e. The number of nitrogens with zero attached hydrogens (tertiary/aromatic N) is 1. The molecule has 1 spiro atoms. The molecule has 0 heterocycles. The van der Waals surface area contributed by atoms with Crippen LogP contribution < -0.4 is 5.32 Å². The smallest absolute Gasteiger partial charge is 0.0661 e. The second-order valence-corrected chi connectivity index (χ2v) is 7.68. The van der Waals surface area contributed by atoms with Crippen molar-refractivity contribution in [1.29, 1.82) is 0 Å². The van der Waals surface area contributed by atoms with Crippen molar-refractivity contribution in [3.8, 4) is 0 Å². The number of hydrogen-bond acceptors (Lipinski definition) is 3. The molecule has 0 bridgehead atoms. The van der Waals surface area contributed by atoms with Gasteiger partial charge in [-0.25, -0.2) is 0 Å². The molecule has 0 saturated heterocycles. The van der Waals surface area contributed by atoms with E-state index in [1.807, 2.05) is 0 Å². The lowest BCUT2D eigenvalue weighted by Gasteiger charge is -2.58. The summed E-state index contributed by atoms with van der Waals surface area (Å²) in [6, 6.07) is 2.22. The SMILES string of the molecule is CCOC1CC(NCC(C)N(C)C2CC2)C12CCCCC2. The Labute approximate surface area is 130 Å². The predicted molar refractivity (Wildman–Crippen MR) is 87.6 cm³/mol. The zero-order valence-electron chi connectivity index (χ0n) is 14.2. The van der Waals surface area contributed by atoms with Crippen molar-refractivity contribution in [2.75, 3.05) is 20.2 Å². The van der Waals surface area contributed by atoms with Gasteiger partial charge in [0.2, 0.25) is 0 Å². The molecule has 0 aromatic rings. The summed E-state index contributed by atoms with van der Waals surface area (Å²) in [5, 5.41) is 3.91. The number of likely N-dealkylation sites (N-methyl/N-ethyl adjacent to an activating group) is 1. The van der Waals surface area contributed by atoms with Gasteiger partial charge in [0, 0.05) is 36.7 Å². The molecule has 0 aromatic carbocycles. The van der Waals surface area contributed by atoms with Gasteiger partial charge in [0.1, 0.15) is 0 Å². The van der Waals surface area contributed by atoms with E-state index in [1.54, 1.807) is 0 Å². The summed E-state index contributed by atoms with van der Waals surface area (Å²) in [6.45, 7) is 6.53. The van der Waals surface area contributed by atoms with Gasteiger partial charge in [-0.05, 0) is 53.0 Å². The fraction of sp³-hybridized carbons (Fsp3) is 1.00. The average molecular weight is 294 g/mol. The zero-order chi connectivity index (χ0) is 14.9. The van der Waals surface area contributed by atoms with Gasteiger partial charge < -0.3 is 10.1 Å². The standard InChI is InChI=1S/C18H34N2O/c1-4-21-17-12-16(18(17)10-6-5-7-11-18)19-13-14(2)20(3)15-8-9-15/h14-17,19H,4-13H2,1-3H3. The van der Waals surface area contributed by atoms with Gasteiger partial charge in [0.05, 0.1) is 6.10 Å². The molecule has 3 nitrogen and oxygen atoms in total. The number of rotatable bonds is 7. The van der Waals surface area contributed by atoms with Crippen LogP contribution in [0.4, 0.5) is 0 Å². The van der Waals surface area contributed by atoms with Gasteiger partial charge >= 0.3 is 0 Å². The van der Waals surface area contributed by atoms with Crippen LogP contribution in [0.2, 0.25) is 0 Å². The lowest BCUT2D eigenvalue weighted by atomic mass is 9.55. The van der Waals surface area contributed by atoms with Gasteiger partial charge in [-0.2, -0.15) is 0 Å². The lowest BCUT2D eigenvalue weighted by Crippen LogP contribution is -2.65. The number of hydrogen-bond donors (Lipinski definition) is 1. The number of ether oxygens (including phenoxy) is 1. The molecule has 0 aliphatic heterocycles. The average Bonchev–Trinajstić information content (AvgIpc) is 3.34. The summed E-state index contributed by atoms with van der Waals surface area (Å²) >= 11 is 0. The Morgan fingerprint density at radius 1 is 1.24 bits per heavy atom. The lowest BCUT2D eigenvalue weighted by molar-refractivity contribution is -0.150. The topological polar surface area (TPSA) is 24.5 Å². The first-order chi connectivity index (χ1) is 10.2. The molecule has 3 unspecified atom stereocenters. The highest BCUT2D eigenvalue weighted by atomic mass is 16.5. The largest absolute Gasteiger partial charge is 0.378 e. The molecule has 21 heavy (non-hydrogen) atoms. The first kappa shape index (κ1) is 15.8. The molecule has 3 heteroatoms. The molecule has 3 aliphatic rings. The van der Waals surface area contributed by atoms with Crippen molar-refractivity contribution in [3.05, 3.63) is 0 Å². The molecule has 0 aromatic heterocycles. The molecule has 3 atom stereocenters. The maximum atomic E-state index is 6.05. The van der Waals surface area contributed by atoms with Crippen LogP contribution in [0.15, 0.2) is 0 Å². The van der Waals surface area contributed by atoms with Crippen molar-refractivity contribution in [1.82, 2.24) is 10.2 Å². The van der Waals surface area contributed by atoms with Crippen LogP contribution in [0, 0.1) is 5.41 Å². The Hall–Kier alpha value is -0.120. The molecule has 1 N–H and O–H groups in total. The van der Waals surface area contributed by atoms with Crippen molar-refractivity contribution in [3.63, 3.8) is 0 Å². The van der Waals surface area contributed by atoms with E-state index >= 15 is 0 Å². The summed E-state index contributed by atoms with van der Waals surface area (Å²) in [5.74, 6) is 0. The summed E-state index contributed by atoms with van der Waals surface area (Å²) in [7, 11) is 2.30. The van der Waals surface area contributed by atoms with Crippen LogP contribution in [0.1, 0.15) is 65.2 Å². The third kappa shape index (κ3) is 3.16. The number of nitrogens with one attached hydrogen (secondary N) is 1. The van der Waals surface area contributed by atoms with E-state index in [4.69, 9.17) is 4.74 Å². The van der Waals surface area contributed by atoms with E-state index in [0.29, 0.717) is 23.6 Å². The third-order valence-corrected chi connectivity index (χ3v) is 6.42. The molecule has 0 radical (unpaired) electrons. The minimum atomic E-state index is 0.464. The van der Waals surface area contributed by atoms with Crippen LogP contribution in [-0.4, -0.2) is 49.3 Å². The fourth-order valence-electron chi connectivity index (χ4n) is 4.65. The highest BCUT2D eigenvalue weighted by Gasteiger charge is 2.55. The highest BCUT2D eigenvalue weighted by molar-refractivity contribution is 5.09. The van der Waals surface area contributed by atoms with Crippen LogP contribution in [0.3, 0.4) is 0 Å². The zero-order valence-corrected chi connectivity index (χ0v) is 14.2. The van der Waals surface area contributed by atoms with Crippen LogP contribution in [0.5, 0.6) is 0 Å². The van der Waals surface area contributed by atoms with Crippen LogP contribution in [0.25, 0.3) is 0 Å². The Morgan fingerprint density at radius 2 is 1.95 bits per heavy atom.